The lowest BCUT2D eigenvalue weighted by Crippen LogP contribution is -2.06. The van der Waals surface area contributed by atoms with E-state index in [1.807, 2.05) is 13.8 Å². The fraction of sp³-hybridized carbons (Fsp3) is 0.333. The van der Waals surface area contributed by atoms with E-state index in [0.29, 0.717) is 5.70 Å². The van der Waals surface area contributed by atoms with Crippen molar-refractivity contribution in [3.63, 3.8) is 0 Å². The summed E-state index contributed by atoms with van der Waals surface area (Å²) in [6.45, 7) is 7.53. The molecule has 0 unspecified atom stereocenters. The van der Waals surface area contributed by atoms with Gasteiger partial charge >= 0.3 is 0 Å². The van der Waals surface area contributed by atoms with Gasteiger partial charge in [-0.3, -0.25) is 5.43 Å². The van der Waals surface area contributed by atoms with Gasteiger partial charge in [0.15, 0.2) is 0 Å². The molecule has 0 spiro atoms. The maximum Gasteiger partial charge on any atom is 0.109 e. The van der Waals surface area contributed by atoms with Gasteiger partial charge in [0.1, 0.15) is 6.34 Å². The molecule has 0 amide bonds. The maximum absolute atomic E-state index is 3.75. The smallest absolute Gasteiger partial charge is 0.109 e. The van der Waals surface area contributed by atoms with Crippen molar-refractivity contribution in [2.75, 3.05) is 0 Å². The number of nitrogens with zero attached hydrogens (tertiary/aromatic N) is 2. The molecule has 1 N–H and O–H groups in total. The van der Waals surface area contributed by atoms with Crippen LogP contribution in [0.1, 0.15) is 13.8 Å². The standard InChI is InChI=1S/C4H5N3.C2H6/c1-4-2-6-7-3-5-4;1-2/h2-3H,1H2,(H,5,7);1-2H3. The third-order valence-electron chi connectivity index (χ3n) is 0.576. The SMILES string of the molecule is C=C1C=NNC=N1.CC. The van der Waals surface area contributed by atoms with E-state index >= 15 is 0 Å². The van der Waals surface area contributed by atoms with Crippen LogP contribution in [-0.4, -0.2) is 12.6 Å². The Balaban J connectivity index is 0.000000291. The van der Waals surface area contributed by atoms with Gasteiger partial charge in [0.05, 0.1) is 11.9 Å². The van der Waals surface area contributed by atoms with Crippen molar-refractivity contribution in [3.8, 4) is 0 Å². The van der Waals surface area contributed by atoms with Crippen molar-refractivity contribution < 1.29 is 0 Å². The lowest BCUT2D eigenvalue weighted by Gasteiger charge is -1.94. The van der Waals surface area contributed by atoms with Gasteiger partial charge in [-0.15, -0.1) is 0 Å². The summed E-state index contributed by atoms with van der Waals surface area (Å²) in [6, 6.07) is 0. The maximum atomic E-state index is 3.75. The molecule has 50 valence electrons. The minimum absolute atomic E-state index is 0.679. The molecule has 1 aliphatic rings. The van der Waals surface area contributed by atoms with E-state index in [0.717, 1.165) is 0 Å². The van der Waals surface area contributed by atoms with Crippen LogP contribution in [0, 0.1) is 0 Å². The summed E-state index contributed by atoms with van der Waals surface area (Å²) in [5.41, 5.74) is 3.21. The molecule has 9 heavy (non-hydrogen) atoms. The summed E-state index contributed by atoms with van der Waals surface area (Å²) < 4.78 is 0. The van der Waals surface area contributed by atoms with Crippen molar-refractivity contribution in [1.29, 1.82) is 0 Å². The van der Waals surface area contributed by atoms with E-state index in [1.165, 1.54) is 6.34 Å². The zero-order chi connectivity index (χ0) is 7.11. The van der Waals surface area contributed by atoms with Gasteiger partial charge in [-0.1, -0.05) is 20.4 Å². The van der Waals surface area contributed by atoms with Crippen LogP contribution in [0.25, 0.3) is 0 Å². The molecule has 1 rings (SSSR count). The first-order valence-corrected chi connectivity index (χ1v) is 2.89. The Hall–Kier alpha value is -1.12. The quantitative estimate of drug-likeness (QED) is 0.518. The largest absolute Gasteiger partial charge is 0.268 e. The van der Waals surface area contributed by atoms with Gasteiger partial charge in [0.25, 0.3) is 0 Å². The molecule has 0 atom stereocenters. The molecule has 0 aromatic rings. The van der Waals surface area contributed by atoms with Crippen molar-refractivity contribution in [2.24, 2.45) is 10.1 Å². The molecule has 3 heteroatoms. The Bertz CT molecular complexity index is 121. The Morgan fingerprint density at radius 2 is 2.22 bits per heavy atom. The van der Waals surface area contributed by atoms with Gasteiger partial charge < -0.3 is 0 Å². The van der Waals surface area contributed by atoms with E-state index in [1.54, 1.807) is 6.21 Å². The fourth-order valence-electron chi connectivity index (χ4n) is 0.290. The normalized spacial score (nSPS) is 13.8. The molecule has 0 aromatic carbocycles. The number of nitrogens with one attached hydrogen (secondary N) is 1. The monoisotopic (exact) mass is 125 g/mol. The summed E-state index contributed by atoms with van der Waals surface area (Å²) in [5, 5.41) is 3.63. The fourth-order valence-corrected chi connectivity index (χ4v) is 0.290. The minimum Gasteiger partial charge on any atom is -0.268 e. The van der Waals surface area contributed by atoms with Crippen LogP contribution in [-0.2, 0) is 0 Å². The summed E-state index contributed by atoms with van der Waals surface area (Å²) in [4.78, 5) is 3.75. The number of hydrazone groups is 1. The van der Waals surface area contributed by atoms with Crippen LogP contribution < -0.4 is 5.43 Å². The molecule has 3 nitrogen and oxygen atoms in total. The van der Waals surface area contributed by atoms with Gasteiger partial charge in [0, 0.05) is 0 Å². The predicted molar refractivity (Wildman–Crippen MR) is 40.6 cm³/mol. The molecular formula is C6H11N3. The summed E-state index contributed by atoms with van der Waals surface area (Å²) in [6.07, 6.45) is 3.04. The zero-order valence-corrected chi connectivity index (χ0v) is 5.76. The Morgan fingerprint density at radius 3 is 2.44 bits per heavy atom. The number of hydrogen-bond donors (Lipinski definition) is 1. The third-order valence-corrected chi connectivity index (χ3v) is 0.576. The van der Waals surface area contributed by atoms with Crippen LogP contribution in [0.15, 0.2) is 22.4 Å². The second kappa shape index (κ2) is 5.03. The van der Waals surface area contributed by atoms with Crippen LogP contribution in [0.3, 0.4) is 0 Å². The lowest BCUT2D eigenvalue weighted by atomic mass is 10.5. The highest BCUT2D eigenvalue weighted by Crippen LogP contribution is 1.86. The Labute approximate surface area is 55.2 Å². The van der Waals surface area contributed by atoms with Crippen LogP contribution in [0.4, 0.5) is 0 Å². The lowest BCUT2D eigenvalue weighted by molar-refractivity contribution is 1.04. The van der Waals surface area contributed by atoms with E-state index in [2.05, 4.69) is 22.1 Å². The molecule has 0 aromatic heterocycles. The van der Waals surface area contributed by atoms with Crippen LogP contribution in [0.5, 0.6) is 0 Å². The van der Waals surface area contributed by atoms with E-state index in [4.69, 9.17) is 0 Å². The molecule has 0 aliphatic carbocycles. The van der Waals surface area contributed by atoms with Gasteiger partial charge in [0.2, 0.25) is 0 Å². The highest BCUT2D eigenvalue weighted by molar-refractivity contribution is 5.82. The van der Waals surface area contributed by atoms with E-state index in [-0.39, 0.29) is 0 Å². The topological polar surface area (TPSA) is 36.8 Å². The van der Waals surface area contributed by atoms with Crippen LogP contribution in [0.2, 0.25) is 0 Å². The number of rotatable bonds is 0. The Morgan fingerprint density at radius 1 is 1.56 bits per heavy atom. The molecule has 0 bridgehead atoms. The second-order valence-electron chi connectivity index (χ2n) is 1.14. The van der Waals surface area contributed by atoms with Crippen molar-refractivity contribution >= 4 is 12.6 Å². The number of allylic oxidation sites excluding steroid dienone is 1. The summed E-state index contributed by atoms with van der Waals surface area (Å²) in [5.74, 6) is 0. The molecular weight excluding hydrogens is 114 g/mol. The molecule has 0 fully saturated rings. The minimum atomic E-state index is 0.679. The van der Waals surface area contributed by atoms with E-state index in [9.17, 15) is 0 Å². The van der Waals surface area contributed by atoms with Crippen LogP contribution >= 0.6 is 0 Å². The molecule has 0 saturated carbocycles. The average molecular weight is 125 g/mol. The van der Waals surface area contributed by atoms with Crippen molar-refractivity contribution in [2.45, 2.75) is 13.8 Å². The van der Waals surface area contributed by atoms with Gasteiger partial charge in [-0.25, -0.2) is 4.99 Å². The average Bonchev–Trinajstić information content (AvgIpc) is 1.94. The number of hydrogen-bond acceptors (Lipinski definition) is 3. The predicted octanol–water partition coefficient (Wildman–Crippen LogP) is 1.14. The van der Waals surface area contributed by atoms with Crippen molar-refractivity contribution in [1.82, 2.24) is 5.43 Å². The highest BCUT2D eigenvalue weighted by Gasteiger charge is 1.83. The molecule has 1 aliphatic heterocycles. The number of aliphatic imine (C=N–C) groups is 1. The highest BCUT2D eigenvalue weighted by atomic mass is 15.3. The first-order chi connectivity index (χ1) is 4.39. The zero-order valence-electron chi connectivity index (χ0n) is 5.76. The molecule has 0 saturated heterocycles. The van der Waals surface area contributed by atoms with Gasteiger partial charge in [-0.2, -0.15) is 5.10 Å². The van der Waals surface area contributed by atoms with E-state index < -0.39 is 0 Å². The third kappa shape index (κ3) is 3.46. The van der Waals surface area contributed by atoms with Gasteiger partial charge in [-0.05, 0) is 0 Å². The second-order valence-corrected chi connectivity index (χ2v) is 1.14. The summed E-state index contributed by atoms with van der Waals surface area (Å²) >= 11 is 0. The first kappa shape index (κ1) is 7.88. The summed E-state index contributed by atoms with van der Waals surface area (Å²) in [7, 11) is 0. The molecule has 1 heterocycles. The Kier molecular flexibility index (Phi) is 4.40. The molecule has 0 radical (unpaired) electrons. The van der Waals surface area contributed by atoms with Crippen molar-refractivity contribution in [3.05, 3.63) is 12.3 Å². The first-order valence-electron chi connectivity index (χ1n) is 2.89.